The average Bonchev–Trinajstić information content (AvgIpc) is 2.37. The first kappa shape index (κ1) is 14.0. The quantitative estimate of drug-likeness (QED) is 0.580. The van der Waals surface area contributed by atoms with Gasteiger partial charge in [0.1, 0.15) is 0 Å². The van der Waals surface area contributed by atoms with Crippen molar-refractivity contribution in [3.05, 3.63) is 35.9 Å². The molecule has 1 aromatic carbocycles. The molecule has 0 aliphatic carbocycles. The van der Waals surface area contributed by atoms with Crippen molar-refractivity contribution in [1.29, 1.82) is 0 Å². The van der Waals surface area contributed by atoms with Gasteiger partial charge >= 0.3 is 0 Å². The maximum atomic E-state index is 11.6. The Balaban J connectivity index is 2.44. The Morgan fingerprint density at radius 1 is 1.29 bits per heavy atom. The number of halogens is 1. The summed E-state index contributed by atoms with van der Waals surface area (Å²) in [7, 11) is 0. The van der Waals surface area contributed by atoms with E-state index < -0.39 is 0 Å². The summed E-state index contributed by atoms with van der Waals surface area (Å²) >= 11 is 5.54. The summed E-state index contributed by atoms with van der Waals surface area (Å²) in [6, 6.07) is 9.13. The fourth-order valence-electron chi connectivity index (χ4n) is 1.57. The lowest BCUT2D eigenvalue weighted by molar-refractivity contribution is -0.122. The molecule has 0 unspecified atom stereocenters. The highest BCUT2D eigenvalue weighted by molar-refractivity contribution is 6.17. The number of carbonyl (C=O) groups is 1. The lowest BCUT2D eigenvalue weighted by Gasteiger charge is -2.16. The molecule has 0 spiro atoms. The number of aliphatic hydroxyl groups excluding tert-OH is 1. The van der Waals surface area contributed by atoms with Crippen molar-refractivity contribution >= 4 is 17.5 Å². The van der Waals surface area contributed by atoms with Crippen LogP contribution in [0.25, 0.3) is 0 Å². The first-order valence-electron chi connectivity index (χ1n) is 5.79. The Bertz CT molecular complexity index is 329. The second-order valence-electron chi connectivity index (χ2n) is 3.86. The summed E-state index contributed by atoms with van der Waals surface area (Å²) in [4.78, 5) is 11.6. The van der Waals surface area contributed by atoms with Crippen LogP contribution in [0.3, 0.4) is 0 Å². The van der Waals surface area contributed by atoms with E-state index in [4.69, 9.17) is 11.6 Å². The molecule has 3 nitrogen and oxygen atoms in total. The van der Waals surface area contributed by atoms with Crippen molar-refractivity contribution in [3.8, 4) is 0 Å². The molecular formula is C13H18ClNO2. The van der Waals surface area contributed by atoms with Gasteiger partial charge in [-0.25, -0.2) is 0 Å². The zero-order valence-corrected chi connectivity index (χ0v) is 10.5. The molecule has 1 aromatic rings. The SMILES string of the molecule is O=C(CCCCCl)N[C@@H](CO)c1ccccc1. The predicted molar refractivity (Wildman–Crippen MR) is 69.0 cm³/mol. The molecule has 1 amide bonds. The molecule has 0 saturated heterocycles. The molecule has 0 saturated carbocycles. The minimum Gasteiger partial charge on any atom is -0.394 e. The minimum absolute atomic E-state index is 0.0435. The lowest BCUT2D eigenvalue weighted by Crippen LogP contribution is -2.30. The summed E-state index contributed by atoms with van der Waals surface area (Å²) < 4.78 is 0. The molecule has 1 atom stereocenters. The van der Waals surface area contributed by atoms with Crippen LogP contribution >= 0.6 is 11.6 Å². The van der Waals surface area contributed by atoms with Crippen LogP contribution in [0, 0.1) is 0 Å². The Kier molecular flexibility index (Phi) is 6.67. The number of hydrogen-bond acceptors (Lipinski definition) is 2. The minimum atomic E-state index is -0.320. The van der Waals surface area contributed by atoms with E-state index in [-0.39, 0.29) is 18.6 Å². The summed E-state index contributed by atoms with van der Waals surface area (Å²) in [5.41, 5.74) is 0.917. The number of rotatable bonds is 7. The molecule has 2 N–H and O–H groups in total. The molecule has 1 rings (SSSR count). The zero-order chi connectivity index (χ0) is 12.5. The molecule has 0 aromatic heterocycles. The smallest absolute Gasteiger partial charge is 0.220 e. The van der Waals surface area contributed by atoms with E-state index in [1.54, 1.807) is 0 Å². The molecule has 0 heterocycles. The van der Waals surface area contributed by atoms with E-state index in [0.29, 0.717) is 12.3 Å². The molecule has 0 fully saturated rings. The van der Waals surface area contributed by atoms with Gasteiger partial charge in [-0.2, -0.15) is 0 Å². The molecule has 0 aliphatic heterocycles. The third-order valence-corrected chi connectivity index (χ3v) is 2.77. The van der Waals surface area contributed by atoms with Crippen molar-refractivity contribution in [2.24, 2.45) is 0 Å². The van der Waals surface area contributed by atoms with Gasteiger partial charge in [-0.15, -0.1) is 11.6 Å². The van der Waals surface area contributed by atoms with Gasteiger partial charge in [0.25, 0.3) is 0 Å². The molecule has 0 bridgehead atoms. The normalized spacial score (nSPS) is 12.1. The Morgan fingerprint density at radius 2 is 2.00 bits per heavy atom. The predicted octanol–water partition coefficient (Wildman–Crippen LogP) is 2.25. The van der Waals surface area contributed by atoms with Gasteiger partial charge < -0.3 is 10.4 Å². The van der Waals surface area contributed by atoms with Crippen LogP contribution in [0.5, 0.6) is 0 Å². The van der Waals surface area contributed by atoms with Gasteiger partial charge in [-0.3, -0.25) is 4.79 Å². The van der Waals surface area contributed by atoms with Gasteiger partial charge in [0.15, 0.2) is 0 Å². The second kappa shape index (κ2) is 8.09. The lowest BCUT2D eigenvalue weighted by atomic mass is 10.1. The first-order chi connectivity index (χ1) is 8.27. The summed E-state index contributed by atoms with van der Waals surface area (Å²) in [6.07, 6.45) is 2.07. The third-order valence-electron chi connectivity index (χ3n) is 2.51. The standard InChI is InChI=1S/C13H18ClNO2/c14-9-5-4-8-13(17)15-12(10-16)11-6-2-1-3-7-11/h1-3,6-7,12,16H,4-5,8-10H2,(H,15,17)/t12-/m0/s1. The number of hydrogen-bond donors (Lipinski definition) is 2. The van der Waals surface area contributed by atoms with E-state index in [0.717, 1.165) is 18.4 Å². The molecule has 17 heavy (non-hydrogen) atoms. The highest BCUT2D eigenvalue weighted by Gasteiger charge is 2.12. The highest BCUT2D eigenvalue weighted by Crippen LogP contribution is 2.12. The molecule has 4 heteroatoms. The van der Waals surface area contributed by atoms with Crippen LogP contribution in [0.15, 0.2) is 30.3 Å². The highest BCUT2D eigenvalue weighted by atomic mass is 35.5. The number of amides is 1. The molecule has 0 radical (unpaired) electrons. The number of aliphatic hydroxyl groups is 1. The fraction of sp³-hybridized carbons (Fsp3) is 0.462. The summed E-state index contributed by atoms with van der Waals surface area (Å²) in [6.45, 7) is -0.0920. The van der Waals surface area contributed by atoms with Crippen LogP contribution in [-0.2, 0) is 4.79 Å². The number of unbranched alkanes of at least 4 members (excludes halogenated alkanes) is 1. The van der Waals surface area contributed by atoms with Gasteiger partial charge in [-0.1, -0.05) is 30.3 Å². The maximum absolute atomic E-state index is 11.6. The van der Waals surface area contributed by atoms with Crippen molar-refractivity contribution < 1.29 is 9.90 Å². The van der Waals surface area contributed by atoms with Crippen LogP contribution in [-0.4, -0.2) is 23.5 Å². The van der Waals surface area contributed by atoms with Gasteiger partial charge in [-0.05, 0) is 18.4 Å². The van der Waals surface area contributed by atoms with E-state index in [2.05, 4.69) is 5.32 Å². The summed E-state index contributed by atoms with van der Waals surface area (Å²) in [5, 5.41) is 12.1. The van der Waals surface area contributed by atoms with Gasteiger partial charge in [0.05, 0.1) is 12.6 Å². The third kappa shape index (κ3) is 5.20. The van der Waals surface area contributed by atoms with Crippen molar-refractivity contribution in [2.45, 2.75) is 25.3 Å². The fourth-order valence-corrected chi connectivity index (χ4v) is 1.76. The average molecular weight is 256 g/mol. The van der Waals surface area contributed by atoms with E-state index in [9.17, 15) is 9.90 Å². The Hall–Kier alpha value is -1.06. The number of benzene rings is 1. The van der Waals surface area contributed by atoms with E-state index >= 15 is 0 Å². The Morgan fingerprint density at radius 3 is 2.59 bits per heavy atom. The summed E-state index contributed by atoms with van der Waals surface area (Å²) in [5.74, 6) is 0.535. The van der Waals surface area contributed by atoms with Gasteiger partial charge in [0.2, 0.25) is 5.91 Å². The topological polar surface area (TPSA) is 49.3 Å². The van der Waals surface area contributed by atoms with E-state index in [1.807, 2.05) is 30.3 Å². The Labute approximate surface area is 107 Å². The molecule has 0 aliphatic rings. The van der Waals surface area contributed by atoms with E-state index in [1.165, 1.54) is 0 Å². The van der Waals surface area contributed by atoms with Crippen molar-refractivity contribution in [1.82, 2.24) is 5.32 Å². The number of nitrogens with one attached hydrogen (secondary N) is 1. The van der Waals surface area contributed by atoms with Crippen molar-refractivity contribution in [3.63, 3.8) is 0 Å². The number of carbonyl (C=O) groups excluding carboxylic acids is 1. The maximum Gasteiger partial charge on any atom is 0.220 e. The van der Waals surface area contributed by atoms with Crippen LogP contribution in [0.4, 0.5) is 0 Å². The largest absolute Gasteiger partial charge is 0.394 e. The van der Waals surface area contributed by atoms with Crippen LogP contribution in [0.2, 0.25) is 0 Å². The molecular weight excluding hydrogens is 238 g/mol. The van der Waals surface area contributed by atoms with Crippen molar-refractivity contribution in [2.75, 3.05) is 12.5 Å². The monoisotopic (exact) mass is 255 g/mol. The zero-order valence-electron chi connectivity index (χ0n) is 9.73. The van der Waals surface area contributed by atoms with Gasteiger partial charge in [0, 0.05) is 12.3 Å². The molecule has 94 valence electrons. The first-order valence-corrected chi connectivity index (χ1v) is 6.32. The second-order valence-corrected chi connectivity index (χ2v) is 4.24. The number of alkyl halides is 1. The van der Waals surface area contributed by atoms with Crippen LogP contribution in [0.1, 0.15) is 30.9 Å². The van der Waals surface area contributed by atoms with Crippen LogP contribution < -0.4 is 5.32 Å².